The number of carbonyl (C=O) groups is 1. The fourth-order valence-corrected chi connectivity index (χ4v) is 4.98. The van der Waals surface area contributed by atoms with Gasteiger partial charge in [-0.1, -0.05) is 17.3 Å². The van der Waals surface area contributed by atoms with E-state index in [4.69, 9.17) is 5.73 Å². The molecule has 2 aromatic rings. The van der Waals surface area contributed by atoms with E-state index in [2.05, 4.69) is 19.9 Å². The zero-order valence-electron chi connectivity index (χ0n) is 20.5. The zero-order valence-corrected chi connectivity index (χ0v) is 20.5. The summed E-state index contributed by atoms with van der Waals surface area (Å²) >= 11 is 0. The highest BCUT2D eigenvalue weighted by Crippen LogP contribution is 2.27. The molecular weight excluding hydrogens is 490 g/mol. The van der Waals surface area contributed by atoms with Crippen molar-refractivity contribution in [1.29, 1.82) is 0 Å². The lowest BCUT2D eigenvalue weighted by molar-refractivity contribution is -0.173. The van der Waals surface area contributed by atoms with Gasteiger partial charge in [-0.25, -0.2) is 4.39 Å². The fraction of sp³-hybridized carbons (Fsp3) is 0.500. The predicted octanol–water partition coefficient (Wildman–Crippen LogP) is 4.24. The zero-order chi connectivity index (χ0) is 26.4. The summed E-state index contributed by atoms with van der Waals surface area (Å²) in [6, 6.07) is 10.4. The van der Waals surface area contributed by atoms with Crippen molar-refractivity contribution >= 4 is 17.3 Å². The van der Waals surface area contributed by atoms with Crippen LogP contribution < -0.4 is 5.73 Å². The third-order valence-corrected chi connectivity index (χ3v) is 6.88. The topological polar surface area (TPSA) is 84.0 Å². The Balaban J connectivity index is 1.32. The smallest absolute Gasteiger partial charge is 0.399 e. The summed E-state index contributed by atoms with van der Waals surface area (Å²) in [6.45, 7) is 1.68. The van der Waals surface area contributed by atoms with Gasteiger partial charge < -0.3 is 15.5 Å². The van der Waals surface area contributed by atoms with Gasteiger partial charge in [0.1, 0.15) is 11.4 Å². The van der Waals surface area contributed by atoms with E-state index in [1.165, 1.54) is 18.3 Å². The number of nitrogens with two attached hydrogens (primary N) is 1. The molecule has 0 aliphatic carbocycles. The lowest BCUT2D eigenvalue weighted by atomic mass is 9.88. The predicted molar refractivity (Wildman–Crippen MR) is 131 cm³/mol. The van der Waals surface area contributed by atoms with Crippen molar-refractivity contribution < 1.29 is 27.2 Å². The molecule has 1 aromatic carbocycles. The number of oxime groups is 1. The average Bonchev–Trinajstić information content (AvgIpc) is 2.87. The second kappa shape index (κ2) is 11.9. The Kier molecular flexibility index (Phi) is 8.63. The highest BCUT2D eigenvalue weighted by atomic mass is 19.4. The summed E-state index contributed by atoms with van der Waals surface area (Å²) < 4.78 is 52.1. The first kappa shape index (κ1) is 26.8. The second-order valence-corrected chi connectivity index (χ2v) is 9.59. The van der Waals surface area contributed by atoms with Gasteiger partial charge in [0.05, 0.1) is 0 Å². The Morgan fingerprint density at radius 2 is 1.76 bits per heavy atom. The molecule has 0 unspecified atom stereocenters. The number of piperidine rings is 2. The molecule has 3 heterocycles. The first-order valence-corrected chi connectivity index (χ1v) is 12.4. The van der Waals surface area contributed by atoms with Crippen LogP contribution in [0.3, 0.4) is 0 Å². The molecule has 200 valence electrons. The number of nitrogens with zero attached hydrogens (tertiary/aromatic N) is 4. The van der Waals surface area contributed by atoms with Crippen LogP contribution in [-0.4, -0.2) is 65.4 Å². The molecule has 7 nitrogen and oxygen atoms in total. The van der Waals surface area contributed by atoms with E-state index in [0.29, 0.717) is 25.9 Å². The van der Waals surface area contributed by atoms with Gasteiger partial charge in [-0.05, 0) is 68.6 Å². The number of alkyl halides is 3. The first-order valence-electron chi connectivity index (χ1n) is 12.4. The number of benzene rings is 1. The summed E-state index contributed by atoms with van der Waals surface area (Å²) in [7, 11) is 0. The molecule has 4 rings (SSSR count). The molecule has 2 aliphatic rings. The van der Waals surface area contributed by atoms with Crippen LogP contribution in [0, 0.1) is 17.7 Å². The van der Waals surface area contributed by atoms with E-state index in [-0.39, 0.29) is 29.1 Å². The lowest BCUT2D eigenvalue weighted by Gasteiger charge is -2.37. The van der Waals surface area contributed by atoms with Crippen molar-refractivity contribution in [3.8, 4) is 0 Å². The van der Waals surface area contributed by atoms with E-state index in [9.17, 15) is 22.4 Å². The number of halogens is 4. The van der Waals surface area contributed by atoms with Gasteiger partial charge in [0.25, 0.3) is 0 Å². The highest BCUT2D eigenvalue weighted by molar-refractivity contribution is 6.00. The number of carbonyl (C=O) groups excluding carboxylic acids is 1. The molecule has 2 fully saturated rings. The molecule has 11 heteroatoms. The van der Waals surface area contributed by atoms with Crippen molar-refractivity contribution in [2.75, 3.05) is 38.5 Å². The second-order valence-electron chi connectivity index (χ2n) is 9.59. The molecule has 0 saturated carbocycles. The fourth-order valence-electron chi connectivity index (χ4n) is 4.98. The highest BCUT2D eigenvalue weighted by Gasteiger charge is 2.34. The molecule has 2 aliphatic heterocycles. The van der Waals surface area contributed by atoms with Crippen LogP contribution in [0.5, 0.6) is 0 Å². The molecule has 2 saturated heterocycles. The van der Waals surface area contributed by atoms with Crippen LogP contribution in [0.2, 0.25) is 0 Å². The van der Waals surface area contributed by atoms with Crippen molar-refractivity contribution in [3.63, 3.8) is 0 Å². The van der Waals surface area contributed by atoms with Crippen LogP contribution in [-0.2, 0) is 16.2 Å². The molecule has 37 heavy (non-hydrogen) atoms. The minimum absolute atomic E-state index is 0.0457. The van der Waals surface area contributed by atoms with Crippen LogP contribution in [0.25, 0.3) is 0 Å². The summed E-state index contributed by atoms with van der Waals surface area (Å²) in [6.07, 6.45) is -0.808. The largest absolute Gasteiger partial charge is 0.425 e. The summed E-state index contributed by atoms with van der Waals surface area (Å²) in [5.41, 5.74) is 7.67. The molecule has 2 N–H and O–H groups in total. The van der Waals surface area contributed by atoms with E-state index in [1.54, 1.807) is 4.90 Å². The maximum absolute atomic E-state index is 14.4. The number of rotatable bonds is 7. The number of aromatic nitrogens is 1. The van der Waals surface area contributed by atoms with Crippen molar-refractivity contribution in [2.24, 2.45) is 17.0 Å². The van der Waals surface area contributed by atoms with Gasteiger partial charge in [-0.2, -0.15) is 13.2 Å². The monoisotopic (exact) mass is 521 g/mol. The number of likely N-dealkylation sites (tertiary alicyclic amines) is 2. The molecule has 0 spiro atoms. The van der Waals surface area contributed by atoms with Crippen molar-refractivity contribution in [3.05, 3.63) is 59.7 Å². The Hall–Kier alpha value is -3.21. The Morgan fingerprint density at radius 3 is 2.41 bits per heavy atom. The van der Waals surface area contributed by atoms with Crippen LogP contribution >= 0.6 is 0 Å². The van der Waals surface area contributed by atoms with Gasteiger partial charge in [0.2, 0.25) is 12.5 Å². The third-order valence-electron chi connectivity index (χ3n) is 6.88. The molecule has 1 amide bonds. The molecule has 0 atom stereocenters. The SMILES string of the molecule is Nc1cccc(CN2CCC(C(=O)N3CCC(/C(=N\OCC(F)(F)F)c4ncccc4F)CC3)CC2)c1. The van der Waals surface area contributed by atoms with E-state index in [1.807, 2.05) is 24.3 Å². The van der Waals surface area contributed by atoms with Crippen LogP contribution in [0.1, 0.15) is 36.9 Å². The normalized spacial score (nSPS) is 18.7. The summed E-state index contributed by atoms with van der Waals surface area (Å²) in [4.78, 5) is 25.8. The van der Waals surface area contributed by atoms with Crippen molar-refractivity contribution in [2.45, 2.75) is 38.4 Å². The Morgan fingerprint density at radius 1 is 1.05 bits per heavy atom. The number of anilines is 1. The number of pyridine rings is 1. The van der Waals surface area contributed by atoms with E-state index < -0.39 is 18.6 Å². The lowest BCUT2D eigenvalue weighted by Crippen LogP contribution is -2.46. The number of nitrogen functional groups attached to an aromatic ring is 1. The van der Waals surface area contributed by atoms with Crippen LogP contribution in [0.15, 0.2) is 47.8 Å². The summed E-state index contributed by atoms with van der Waals surface area (Å²) in [5.74, 6) is -1.02. The van der Waals surface area contributed by atoms with Crippen molar-refractivity contribution in [1.82, 2.24) is 14.8 Å². The third kappa shape index (κ3) is 7.41. The minimum atomic E-state index is -4.56. The number of hydrogen-bond donors (Lipinski definition) is 1. The number of amides is 1. The standard InChI is InChI=1S/C26H31F4N5O2/c27-22-5-2-10-32-24(22)23(33-37-17-26(28,29)30)19-8-13-35(14-9-19)25(36)20-6-11-34(12-7-20)16-18-3-1-4-21(31)15-18/h1-5,10,15,19-20H,6-9,11-14,16-17,31H2/b33-23+. The van der Waals surface area contributed by atoms with Gasteiger partial charge in [0, 0.05) is 43.4 Å². The maximum Gasteiger partial charge on any atom is 0.425 e. The molecule has 0 bridgehead atoms. The molecule has 0 radical (unpaired) electrons. The van der Waals surface area contributed by atoms with E-state index >= 15 is 0 Å². The minimum Gasteiger partial charge on any atom is -0.399 e. The maximum atomic E-state index is 14.4. The summed E-state index contributed by atoms with van der Waals surface area (Å²) in [5, 5.41) is 3.65. The van der Waals surface area contributed by atoms with Gasteiger partial charge in [-0.3, -0.25) is 14.7 Å². The van der Waals surface area contributed by atoms with Crippen LogP contribution in [0.4, 0.5) is 23.2 Å². The average molecular weight is 522 g/mol. The Bertz CT molecular complexity index is 1090. The quantitative estimate of drug-likeness (QED) is 0.255. The first-order chi connectivity index (χ1) is 17.7. The number of hydrogen-bond acceptors (Lipinski definition) is 6. The molecular formula is C26H31F4N5O2. The molecule has 1 aromatic heterocycles. The van der Waals surface area contributed by atoms with Gasteiger partial charge in [0.15, 0.2) is 5.82 Å². The Labute approximate surface area is 213 Å². The van der Waals surface area contributed by atoms with Gasteiger partial charge in [-0.15, -0.1) is 0 Å². The van der Waals surface area contributed by atoms with Gasteiger partial charge >= 0.3 is 6.18 Å². The van der Waals surface area contributed by atoms with E-state index in [0.717, 1.165) is 43.7 Å².